The molecule has 1 amide bonds. The molecule has 0 aromatic heterocycles. The van der Waals surface area contributed by atoms with Crippen LogP contribution in [0.15, 0.2) is 48.5 Å². The number of hydrogen-bond acceptors (Lipinski definition) is 5. The lowest BCUT2D eigenvalue weighted by atomic mass is 9.78. The Labute approximate surface area is 217 Å². The number of amides is 1. The topological polar surface area (TPSA) is 66.0 Å². The van der Waals surface area contributed by atoms with Crippen LogP contribution in [0, 0.1) is 11.7 Å². The Morgan fingerprint density at radius 2 is 1.92 bits per heavy atom. The van der Waals surface area contributed by atoms with Gasteiger partial charge in [-0.3, -0.25) is 4.79 Å². The Balaban J connectivity index is 1.61. The Morgan fingerprint density at radius 3 is 2.64 bits per heavy atom. The molecule has 4 rings (SSSR count). The maximum Gasteiger partial charge on any atom is 0.252 e. The Kier molecular flexibility index (Phi) is 8.37. The molecule has 4 atom stereocenters. The van der Waals surface area contributed by atoms with E-state index in [2.05, 4.69) is 5.32 Å². The molecule has 1 saturated carbocycles. The summed E-state index contributed by atoms with van der Waals surface area (Å²) in [5.41, 5.74) is 0.0158. The first-order chi connectivity index (χ1) is 17.1. The van der Waals surface area contributed by atoms with Crippen LogP contribution in [-0.4, -0.2) is 42.2 Å². The number of ether oxygens (including phenoxy) is 4. The van der Waals surface area contributed by atoms with Gasteiger partial charge in [-0.25, -0.2) is 4.39 Å². The first kappa shape index (κ1) is 27.0. The van der Waals surface area contributed by atoms with Crippen molar-refractivity contribution in [1.29, 1.82) is 0 Å². The number of benzene rings is 2. The summed E-state index contributed by atoms with van der Waals surface area (Å²) in [7, 11) is 0. The van der Waals surface area contributed by atoms with Gasteiger partial charge in [0.15, 0.2) is 11.4 Å². The summed E-state index contributed by atoms with van der Waals surface area (Å²) in [4.78, 5) is 13.6. The minimum absolute atomic E-state index is 0.0512. The third kappa shape index (κ3) is 6.45. The summed E-state index contributed by atoms with van der Waals surface area (Å²) in [5.74, 6) is -1.20. The third-order valence-corrected chi connectivity index (χ3v) is 6.78. The van der Waals surface area contributed by atoms with Crippen LogP contribution in [0.2, 0.25) is 5.02 Å². The molecule has 1 heterocycles. The maximum atomic E-state index is 14.4. The second-order valence-electron chi connectivity index (χ2n) is 10.5. The van der Waals surface area contributed by atoms with E-state index in [-0.39, 0.29) is 49.8 Å². The van der Waals surface area contributed by atoms with Gasteiger partial charge in [0.05, 0.1) is 25.4 Å². The number of halogens is 2. The summed E-state index contributed by atoms with van der Waals surface area (Å²) in [6.07, 6.45) is -0.774. The number of rotatable bonds is 9. The fraction of sp³-hybridized carbons (Fsp3) is 0.536. The molecule has 2 aromatic rings. The predicted molar refractivity (Wildman–Crippen MR) is 135 cm³/mol. The lowest BCUT2D eigenvalue weighted by Gasteiger charge is -2.43. The van der Waals surface area contributed by atoms with Crippen LogP contribution in [-0.2, 0) is 37.0 Å². The molecule has 36 heavy (non-hydrogen) atoms. The van der Waals surface area contributed by atoms with Gasteiger partial charge in [-0.2, -0.15) is 0 Å². The highest BCUT2D eigenvalue weighted by Crippen LogP contribution is 2.44. The number of nitrogens with one attached hydrogen (secondary N) is 1. The summed E-state index contributed by atoms with van der Waals surface area (Å²) >= 11 is 6.15. The normalized spacial score (nSPS) is 27.1. The molecule has 2 aliphatic rings. The third-order valence-electron chi connectivity index (χ3n) is 6.55. The lowest BCUT2D eigenvalue weighted by molar-refractivity contribution is -0.183. The Bertz CT molecular complexity index is 1060. The molecule has 0 bridgehead atoms. The molecule has 2 aromatic carbocycles. The number of carbonyl (C=O) groups excluding carboxylic acids is 1. The maximum absolute atomic E-state index is 14.4. The zero-order valence-electron chi connectivity index (χ0n) is 21.3. The van der Waals surface area contributed by atoms with E-state index in [4.69, 9.17) is 30.5 Å². The van der Waals surface area contributed by atoms with E-state index in [9.17, 15) is 9.18 Å². The molecule has 2 fully saturated rings. The molecule has 1 unspecified atom stereocenters. The van der Waals surface area contributed by atoms with Crippen LogP contribution in [0.3, 0.4) is 0 Å². The fourth-order valence-corrected chi connectivity index (χ4v) is 5.04. The van der Waals surface area contributed by atoms with E-state index in [0.29, 0.717) is 17.1 Å². The van der Waals surface area contributed by atoms with Crippen LogP contribution in [0.4, 0.5) is 4.39 Å². The quantitative estimate of drug-likeness (QED) is 0.480. The number of fused-ring (bicyclic) bond motifs is 1. The van der Waals surface area contributed by atoms with Crippen molar-refractivity contribution in [1.82, 2.24) is 5.32 Å². The van der Waals surface area contributed by atoms with Crippen molar-refractivity contribution in [3.8, 4) is 0 Å². The fourth-order valence-electron chi connectivity index (χ4n) is 4.83. The standard InChI is InChI=1S/C28H35ClFNO5/c1-18(2)15-31-26(32)28(34-17-20-9-5-6-11-22(20)30)13-23(25-24(14-28)35-27(3,4)36-25)33-16-19-8-7-10-21(29)12-19/h5-12,18,23-25H,13-17H2,1-4H3,(H,31,32)/t23?,24-,25+,28-/m1/s1. The second-order valence-corrected chi connectivity index (χ2v) is 10.9. The van der Waals surface area contributed by atoms with Crippen LogP contribution in [0.5, 0.6) is 0 Å². The molecule has 1 aliphatic heterocycles. The molecule has 1 N–H and O–H groups in total. The van der Waals surface area contributed by atoms with Gasteiger partial charge in [0.1, 0.15) is 11.9 Å². The van der Waals surface area contributed by atoms with Crippen molar-refractivity contribution in [3.63, 3.8) is 0 Å². The molecular weight excluding hydrogens is 485 g/mol. The Hall–Kier alpha value is -2.03. The van der Waals surface area contributed by atoms with E-state index >= 15 is 0 Å². The van der Waals surface area contributed by atoms with Crippen molar-refractivity contribution < 1.29 is 28.1 Å². The minimum atomic E-state index is -1.28. The van der Waals surface area contributed by atoms with Crippen molar-refractivity contribution in [2.45, 2.75) is 83.5 Å². The smallest absolute Gasteiger partial charge is 0.252 e. The molecule has 6 nitrogen and oxygen atoms in total. The average Bonchev–Trinajstić information content (AvgIpc) is 3.14. The predicted octanol–water partition coefficient (Wildman–Crippen LogP) is 5.41. The highest BCUT2D eigenvalue weighted by molar-refractivity contribution is 6.30. The zero-order chi connectivity index (χ0) is 25.9. The number of hydrogen-bond donors (Lipinski definition) is 1. The monoisotopic (exact) mass is 519 g/mol. The van der Waals surface area contributed by atoms with E-state index in [1.165, 1.54) is 6.07 Å². The Morgan fingerprint density at radius 1 is 1.14 bits per heavy atom. The van der Waals surface area contributed by atoms with Crippen LogP contribution in [0.1, 0.15) is 51.7 Å². The summed E-state index contributed by atoms with van der Waals surface area (Å²) < 4.78 is 39.5. The van der Waals surface area contributed by atoms with Gasteiger partial charge >= 0.3 is 0 Å². The molecule has 0 spiro atoms. The van der Waals surface area contributed by atoms with E-state index in [1.54, 1.807) is 24.3 Å². The molecule has 1 aliphatic carbocycles. The molecule has 0 radical (unpaired) electrons. The van der Waals surface area contributed by atoms with Crippen molar-refractivity contribution in [2.24, 2.45) is 5.92 Å². The van der Waals surface area contributed by atoms with Crippen LogP contribution < -0.4 is 5.32 Å². The first-order valence-electron chi connectivity index (χ1n) is 12.4. The minimum Gasteiger partial charge on any atom is -0.371 e. The largest absolute Gasteiger partial charge is 0.371 e. The highest BCUT2D eigenvalue weighted by atomic mass is 35.5. The van der Waals surface area contributed by atoms with E-state index < -0.39 is 23.6 Å². The van der Waals surface area contributed by atoms with E-state index in [1.807, 2.05) is 45.9 Å². The van der Waals surface area contributed by atoms with Gasteiger partial charge in [0, 0.05) is 30.0 Å². The molecular formula is C28H35ClFNO5. The average molecular weight is 520 g/mol. The van der Waals surface area contributed by atoms with Crippen molar-refractivity contribution in [3.05, 3.63) is 70.5 Å². The van der Waals surface area contributed by atoms with Gasteiger partial charge < -0.3 is 24.3 Å². The lowest BCUT2D eigenvalue weighted by Crippen LogP contribution is -2.60. The molecule has 1 saturated heterocycles. The van der Waals surface area contributed by atoms with Gasteiger partial charge in [-0.05, 0) is 43.5 Å². The van der Waals surface area contributed by atoms with Crippen molar-refractivity contribution >= 4 is 17.5 Å². The van der Waals surface area contributed by atoms with Crippen LogP contribution >= 0.6 is 11.6 Å². The van der Waals surface area contributed by atoms with Gasteiger partial charge in [0.2, 0.25) is 0 Å². The SMILES string of the molecule is CC(C)CNC(=O)[C@@]1(OCc2ccccc2F)CC(OCc2cccc(Cl)c2)[C@@H]2OC(C)(C)O[C@@H]2C1. The summed E-state index contributed by atoms with van der Waals surface area (Å²) in [5, 5.41) is 3.64. The molecule has 196 valence electrons. The van der Waals surface area contributed by atoms with Gasteiger partial charge in [-0.1, -0.05) is 55.8 Å². The highest BCUT2D eigenvalue weighted by Gasteiger charge is 2.58. The second kappa shape index (κ2) is 11.2. The first-order valence-corrected chi connectivity index (χ1v) is 12.8. The number of carbonyl (C=O) groups is 1. The van der Waals surface area contributed by atoms with Crippen LogP contribution in [0.25, 0.3) is 0 Å². The van der Waals surface area contributed by atoms with Gasteiger partial charge in [0.25, 0.3) is 5.91 Å². The molecule has 8 heteroatoms. The summed E-state index contributed by atoms with van der Waals surface area (Å²) in [6, 6.07) is 13.9. The zero-order valence-corrected chi connectivity index (χ0v) is 22.0. The van der Waals surface area contributed by atoms with Gasteiger partial charge in [-0.15, -0.1) is 0 Å². The van der Waals surface area contributed by atoms with E-state index in [0.717, 1.165) is 5.56 Å². The van der Waals surface area contributed by atoms with Crippen molar-refractivity contribution in [2.75, 3.05) is 6.54 Å². The summed E-state index contributed by atoms with van der Waals surface area (Å²) in [6.45, 7) is 8.48.